The van der Waals surface area contributed by atoms with Gasteiger partial charge in [-0.2, -0.15) is 0 Å². The fraction of sp³-hybridized carbons (Fsp3) is 0.333. The average Bonchev–Trinajstić information content (AvgIpc) is 2.10. The maximum atomic E-state index is 13.2. The van der Waals surface area contributed by atoms with Crippen LogP contribution in [0.2, 0.25) is 0 Å². The molecule has 1 rings (SSSR count). The predicted molar refractivity (Wildman–Crippen MR) is 46.7 cm³/mol. The van der Waals surface area contributed by atoms with Crippen LogP contribution in [0.15, 0.2) is 12.1 Å². The van der Waals surface area contributed by atoms with Gasteiger partial charge in [0.05, 0.1) is 6.04 Å². The Morgan fingerprint density at radius 1 is 1.29 bits per heavy atom. The second kappa shape index (κ2) is 4.43. The SMILES string of the molecule is CCC(NN)c1c(F)cc(F)cc1F. The van der Waals surface area contributed by atoms with Crippen molar-refractivity contribution < 1.29 is 13.2 Å². The van der Waals surface area contributed by atoms with E-state index in [0.29, 0.717) is 18.6 Å². The zero-order valence-corrected chi connectivity index (χ0v) is 7.65. The first-order chi connectivity index (χ1) is 6.60. The maximum Gasteiger partial charge on any atom is 0.133 e. The quantitative estimate of drug-likeness (QED) is 0.584. The monoisotopic (exact) mass is 204 g/mol. The van der Waals surface area contributed by atoms with Gasteiger partial charge in [0, 0.05) is 17.7 Å². The first kappa shape index (κ1) is 11.0. The molecule has 1 atom stereocenters. The summed E-state index contributed by atoms with van der Waals surface area (Å²) in [5.41, 5.74) is 2.04. The molecule has 0 bridgehead atoms. The van der Waals surface area contributed by atoms with Gasteiger partial charge < -0.3 is 0 Å². The topological polar surface area (TPSA) is 38.0 Å². The lowest BCUT2D eigenvalue weighted by Gasteiger charge is -2.15. The zero-order valence-electron chi connectivity index (χ0n) is 7.65. The Bertz CT molecular complexity index is 301. The lowest BCUT2D eigenvalue weighted by molar-refractivity contribution is 0.456. The lowest BCUT2D eigenvalue weighted by Crippen LogP contribution is -2.29. The number of hydrogen-bond donors (Lipinski definition) is 2. The summed E-state index contributed by atoms with van der Waals surface area (Å²) in [5, 5.41) is 0. The van der Waals surface area contributed by atoms with E-state index in [4.69, 9.17) is 5.84 Å². The van der Waals surface area contributed by atoms with E-state index < -0.39 is 23.5 Å². The summed E-state index contributed by atoms with van der Waals surface area (Å²) in [5.74, 6) is 2.33. The molecule has 0 radical (unpaired) electrons. The number of hydrazine groups is 1. The summed E-state index contributed by atoms with van der Waals surface area (Å²) in [6, 6.07) is 0.632. The van der Waals surface area contributed by atoms with Crippen molar-refractivity contribution in [2.45, 2.75) is 19.4 Å². The second-order valence-corrected chi connectivity index (χ2v) is 2.91. The summed E-state index contributed by atoms with van der Waals surface area (Å²) in [6.45, 7) is 1.72. The van der Waals surface area contributed by atoms with Crippen molar-refractivity contribution in [3.05, 3.63) is 35.1 Å². The highest BCUT2D eigenvalue weighted by Crippen LogP contribution is 2.23. The van der Waals surface area contributed by atoms with Crippen LogP contribution in [-0.4, -0.2) is 0 Å². The molecule has 1 aromatic rings. The van der Waals surface area contributed by atoms with Gasteiger partial charge >= 0.3 is 0 Å². The maximum absolute atomic E-state index is 13.2. The van der Waals surface area contributed by atoms with Gasteiger partial charge in [-0.1, -0.05) is 6.92 Å². The number of nitrogens with two attached hydrogens (primary N) is 1. The van der Waals surface area contributed by atoms with E-state index in [0.717, 1.165) is 0 Å². The molecule has 5 heteroatoms. The van der Waals surface area contributed by atoms with Crippen LogP contribution in [-0.2, 0) is 0 Å². The van der Waals surface area contributed by atoms with E-state index in [-0.39, 0.29) is 5.56 Å². The second-order valence-electron chi connectivity index (χ2n) is 2.91. The molecule has 0 amide bonds. The van der Waals surface area contributed by atoms with Crippen LogP contribution in [0.1, 0.15) is 24.9 Å². The van der Waals surface area contributed by atoms with Crippen molar-refractivity contribution in [3.8, 4) is 0 Å². The van der Waals surface area contributed by atoms with E-state index in [9.17, 15) is 13.2 Å². The smallest absolute Gasteiger partial charge is 0.133 e. The molecule has 0 aromatic heterocycles. The van der Waals surface area contributed by atoms with E-state index in [1.807, 2.05) is 0 Å². The van der Waals surface area contributed by atoms with Gasteiger partial charge in [0.15, 0.2) is 0 Å². The molecule has 0 spiro atoms. The zero-order chi connectivity index (χ0) is 10.7. The molecule has 78 valence electrons. The molecule has 0 saturated carbocycles. The molecule has 0 aliphatic rings. The summed E-state index contributed by atoms with van der Waals surface area (Å²) >= 11 is 0. The van der Waals surface area contributed by atoms with Crippen molar-refractivity contribution in [2.75, 3.05) is 0 Å². The summed E-state index contributed by atoms with van der Waals surface area (Å²) in [7, 11) is 0. The molecule has 14 heavy (non-hydrogen) atoms. The standard InChI is InChI=1S/C9H11F3N2/c1-2-8(14-13)9-6(11)3-5(10)4-7(9)12/h3-4,8,14H,2,13H2,1H3. The number of halogens is 3. The third kappa shape index (κ3) is 2.05. The van der Waals surface area contributed by atoms with E-state index in [1.165, 1.54) is 0 Å². The van der Waals surface area contributed by atoms with Crippen molar-refractivity contribution >= 4 is 0 Å². The van der Waals surface area contributed by atoms with Gasteiger partial charge in [0.2, 0.25) is 0 Å². The van der Waals surface area contributed by atoms with Crippen LogP contribution in [0.25, 0.3) is 0 Å². The van der Waals surface area contributed by atoms with Gasteiger partial charge in [0.1, 0.15) is 17.5 Å². The van der Waals surface area contributed by atoms with E-state index in [1.54, 1.807) is 6.92 Å². The van der Waals surface area contributed by atoms with Crippen LogP contribution in [0.5, 0.6) is 0 Å². The molecule has 2 nitrogen and oxygen atoms in total. The van der Waals surface area contributed by atoms with Crippen LogP contribution in [0, 0.1) is 17.5 Å². The van der Waals surface area contributed by atoms with Gasteiger partial charge in [-0.25, -0.2) is 13.2 Å². The molecule has 0 heterocycles. The Balaban J connectivity index is 3.19. The average molecular weight is 204 g/mol. The van der Waals surface area contributed by atoms with Gasteiger partial charge in [-0.15, -0.1) is 0 Å². The molecule has 1 unspecified atom stereocenters. The first-order valence-electron chi connectivity index (χ1n) is 4.20. The van der Waals surface area contributed by atoms with Crippen LogP contribution >= 0.6 is 0 Å². The van der Waals surface area contributed by atoms with Crippen molar-refractivity contribution in [3.63, 3.8) is 0 Å². The Hall–Kier alpha value is -1.07. The van der Waals surface area contributed by atoms with Crippen molar-refractivity contribution in [1.82, 2.24) is 5.43 Å². The minimum atomic E-state index is -0.935. The van der Waals surface area contributed by atoms with E-state index >= 15 is 0 Å². The summed E-state index contributed by atoms with van der Waals surface area (Å²) in [4.78, 5) is 0. The Kier molecular flexibility index (Phi) is 3.49. The first-order valence-corrected chi connectivity index (χ1v) is 4.20. The Labute approximate surface area is 79.9 Å². The van der Waals surface area contributed by atoms with Crippen LogP contribution in [0.4, 0.5) is 13.2 Å². The van der Waals surface area contributed by atoms with Crippen LogP contribution in [0.3, 0.4) is 0 Å². The fourth-order valence-electron chi connectivity index (χ4n) is 1.29. The molecule has 0 saturated heterocycles. The number of nitrogens with one attached hydrogen (secondary N) is 1. The Morgan fingerprint density at radius 2 is 1.79 bits per heavy atom. The Morgan fingerprint density at radius 3 is 2.14 bits per heavy atom. The molecular weight excluding hydrogens is 193 g/mol. The number of benzene rings is 1. The predicted octanol–water partition coefficient (Wildman–Crippen LogP) is 2.02. The minimum absolute atomic E-state index is 0.226. The summed E-state index contributed by atoms with van der Waals surface area (Å²) in [6.07, 6.45) is 0.413. The number of rotatable bonds is 3. The van der Waals surface area contributed by atoms with Crippen LogP contribution < -0.4 is 11.3 Å². The molecule has 1 aromatic carbocycles. The summed E-state index contributed by atoms with van der Waals surface area (Å²) < 4.78 is 38.9. The third-order valence-corrected chi connectivity index (χ3v) is 2.00. The highest BCUT2D eigenvalue weighted by Gasteiger charge is 2.18. The lowest BCUT2D eigenvalue weighted by atomic mass is 10.0. The molecule has 0 aliphatic carbocycles. The van der Waals surface area contributed by atoms with Gasteiger partial charge in [-0.3, -0.25) is 11.3 Å². The fourth-order valence-corrected chi connectivity index (χ4v) is 1.29. The normalized spacial score (nSPS) is 12.9. The van der Waals surface area contributed by atoms with E-state index in [2.05, 4.69) is 5.43 Å². The number of hydrogen-bond acceptors (Lipinski definition) is 2. The van der Waals surface area contributed by atoms with Crippen molar-refractivity contribution in [2.24, 2.45) is 5.84 Å². The molecule has 0 fully saturated rings. The van der Waals surface area contributed by atoms with Crippen molar-refractivity contribution in [1.29, 1.82) is 0 Å². The third-order valence-electron chi connectivity index (χ3n) is 2.00. The molecule has 0 aliphatic heterocycles. The molecule has 3 N–H and O–H groups in total. The highest BCUT2D eigenvalue weighted by atomic mass is 19.1. The minimum Gasteiger partial charge on any atom is -0.271 e. The molecular formula is C9H11F3N2. The van der Waals surface area contributed by atoms with Gasteiger partial charge in [0.25, 0.3) is 0 Å². The largest absolute Gasteiger partial charge is 0.271 e. The van der Waals surface area contributed by atoms with Gasteiger partial charge in [-0.05, 0) is 6.42 Å². The highest BCUT2D eigenvalue weighted by molar-refractivity contribution is 5.24.